The van der Waals surface area contributed by atoms with Gasteiger partial charge < -0.3 is 21.3 Å². The molecule has 0 aliphatic carbocycles. The van der Waals surface area contributed by atoms with Gasteiger partial charge >= 0.3 is 0 Å². The van der Waals surface area contributed by atoms with Crippen molar-refractivity contribution >= 4 is 41.5 Å². The first kappa shape index (κ1) is 23.7. The van der Waals surface area contributed by atoms with Gasteiger partial charge in [0.05, 0.1) is 0 Å². The Balaban J connectivity index is 0.00000392. The summed E-state index contributed by atoms with van der Waals surface area (Å²) in [6, 6.07) is 15.8. The summed E-state index contributed by atoms with van der Waals surface area (Å²) in [5.41, 5.74) is 9.32. The van der Waals surface area contributed by atoms with Crippen molar-refractivity contribution in [2.24, 2.45) is 10.7 Å². The van der Waals surface area contributed by atoms with E-state index in [1.807, 2.05) is 12.1 Å². The number of carbonyl (C=O) groups excluding carboxylic acids is 1. The van der Waals surface area contributed by atoms with Crippen molar-refractivity contribution in [1.82, 2.24) is 10.6 Å². The molecule has 28 heavy (non-hydrogen) atoms. The summed E-state index contributed by atoms with van der Waals surface area (Å²) in [7, 11) is 1.75. The third-order valence-electron chi connectivity index (χ3n) is 4.34. The lowest BCUT2D eigenvalue weighted by Crippen LogP contribution is -2.41. The monoisotopic (exact) mass is 495 g/mol. The molecule has 0 fully saturated rings. The van der Waals surface area contributed by atoms with Crippen LogP contribution in [0, 0.1) is 6.92 Å². The second kappa shape index (κ2) is 12.2. The third-order valence-corrected chi connectivity index (χ3v) is 4.34. The van der Waals surface area contributed by atoms with Crippen LogP contribution in [0.15, 0.2) is 53.5 Å². The Morgan fingerprint density at radius 3 is 2.43 bits per heavy atom. The third kappa shape index (κ3) is 7.38. The molecule has 7 heteroatoms. The fourth-order valence-corrected chi connectivity index (χ4v) is 2.80. The van der Waals surface area contributed by atoms with Crippen molar-refractivity contribution in [2.75, 3.05) is 31.6 Å². The summed E-state index contributed by atoms with van der Waals surface area (Å²) in [5.74, 6) is 0.329. The van der Waals surface area contributed by atoms with Crippen LogP contribution in [0.1, 0.15) is 28.4 Å². The molecule has 0 aliphatic rings. The van der Waals surface area contributed by atoms with Crippen LogP contribution in [0.3, 0.4) is 0 Å². The number of primary amides is 1. The second-order valence-corrected chi connectivity index (χ2v) is 6.33. The zero-order valence-corrected chi connectivity index (χ0v) is 19.1. The Labute approximate surface area is 184 Å². The van der Waals surface area contributed by atoms with Gasteiger partial charge in [-0.05, 0) is 49.2 Å². The summed E-state index contributed by atoms with van der Waals surface area (Å²) in [6.45, 7) is 7.50. The van der Waals surface area contributed by atoms with Gasteiger partial charge in [0.25, 0.3) is 0 Å². The Kier molecular flexibility index (Phi) is 10.4. The van der Waals surface area contributed by atoms with Crippen LogP contribution < -0.4 is 21.3 Å². The summed E-state index contributed by atoms with van der Waals surface area (Å²) < 4.78 is 0. The molecule has 152 valence electrons. The van der Waals surface area contributed by atoms with Gasteiger partial charge in [-0.3, -0.25) is 9.79 Å². The lowest BCUT2D eigenvalue weighted by Gasteiger charge is -2.24. The first-order chi connectivity index (χ1) is 13.0. The number of aryl methyl sites for hydroxylation is 1. The van der Waals surface area contributed by atoms with Crippen LogP contribution in [0.25, 0.3) is 0 Å². The van der Waals surface area contributed by atoms with Crippen molar-refractivity contribution < 1.29 is 4.79 Å². The van der Waals surface area contributed by atoms with E-state index in [1.165, 1.54) is 11.3 Å². The lowest BCUT2D eigenvalue weighted by atomic mass is 10.1. The number of likely N-dealkylation sites (N-methyl/N-ethyl adjacent to an activating group) is 1. The molecule has 4 N–H and O–H groups in total. The summed E-state index contributed by atoms with van der Waals surface area (Å²) in [4.78, 5) is 17.7. The van der Waals surface area contributed by atoms with Gasteiger partial charge in [-0.2, -0.15) is 0 Å². The molecule has 0 aromatic heterocycles. The molecule has 0 aliphatic heterocycles. The van der Waals surface area contributed by atoms with Gasteiger partial charge in [0.1, 0.15) is 0 Å². The minimum absolute atomic E-state index is 0. The summed E-state index contributed by atoms with van der Waals surface area (Å²) in [6.07, 6.45) is 0. The molecule has 2 aromatic carbocycles. The SMILES string of the molecule is CCN(CCNC(=NC)NCc1ccc(C(N)=O)cc1)c1cccc(C)c1.I. The summed E-state index contributed by atoms with van der Waals surface area (Å²) in [5, 5.41) is 6.62. The number of carbonyl (C=O) groups is 1. The second-order valence-electron chi connectivity index (χ2n) is 6.33. The standard InChI is InChI=1S/C21H29N5O.HI/c1-4-26(19-7-5-6-16(2)14-19)13-12-24-21(23-3)25-15-17-8-10-18(11-9-17)20(22)27;/h5-11,14H,4,12-13,15H2,1-3H3,(H2,22,27)(H2,23,24,25);1H. The van der Waals surface area contributed by atoms with Gasteiger partial charge in [-0.25, -0.2) is 0 Å². The smallest absolute Gasteiger partial charge is 0.248 e. The molecule has 0 spiro atoms. The zero-order valence-electron chi connectivity index (χ0n) is 16.7. The van der Waals surface area contributed by atoms with E-state index in [1.54, 1.807) is 19.2 Å². The summed E-state index contributed by atoms with van der Waals surface area (Å²) >= 11 is 0. The number of hydrogen-bond donors (Lipinski definition) is 3. The average molecular weight is 495 g/mol. The van der Waals surface area contributed by atoms with Gasteiger partial charge in [-0.15, -0.1) is 24.0 Å². The highest BCUT2D eigenvalue weighted by molar-refractivity contribution is 14.0. The maximum absolute atomic E-state index is 11.1. The highest BCUT2D eigenvalue weighted by Crippen LogP contribution is 2.14. The fraction of sp³-hybridized carbons (Fsp3) is 0.333. The first-order valence-electron chi connectivity index (χ1n) is 9.18. The number of nitrogens with two attached hydrogens (primary N) is 1. The molecule has 0 atom stereocenters. The number of anilines is 1. The molecular weight excluding hydrogens is 465 g/mol. The Morgan fingerprint density at radius 1 is 1.14 bits per heavy atom. The molecule has 0 unspecified atom stereocenters. The molecule has 0 bridgehead atoms. The van der Waals surface area contributed by atoms with Crippen molar-refractivity contribution in [2.45, 2.75) is 20.4 Å². The topological polar surface area (TPSA) is 82.8 Å². The Morgan fingerprint density at radius 2 is 1.86 bits per heavy atom. The van der Waals surface area contributed by atoms with Crippen LogP contribution in [-0.4, -0.2) is 38.5 Å². The lowest BCUT2D eigenvalue weighted by molar-refractivity contribution is 0.100. The molecule has 0 heterocycles. The van der Waals surface area contributed by atoms with Crippen LogP contribution in [0.5, 0.6) is 0 Å². The molecule has 2 aromatic rings. The van der Waals surface area contributed by atoms with Crippen molar-refractivity contribution in [1.29, 1.82) is 0 Å². The van der Waals surface area contributed by atoms with E-state index in [0.717, 1.165) is 31.2 Å². The van der Waals surface area contributed by atoms with Gasteiger partial charge in [0.2, 0.25) is 5.91 Å². The minimum Gasteiger partial charge on any atom is -0.370 e. The van der Waals surface area contributed by atoms with E-state index in [2.05, 4.69) is 58.6 Å². The molecule has 0 saturated heterocycles. The number of hydrogen-bond acceptors (Lipinski definition) is 3. The number of aliphatic imine (C=N–C) groups is 1. The van der Waals surface area contributed by atoms with Crippen LogP contribution in [-0.2, 0) is 6.54 Å². The van der Waals surface area contributed by atoms with E-state index in [9.17, 15) is 4.79 Å². The normalized spacial score (nSPS) is 10.8. The zero-order chi connectivity index (χ0) is 19.6. The van der Waals surface area contributed by atoms with Crippen molar-refractivity contribution in [3.63, 3.8) is 0 Å². The van der Waals surface area contributed by atoms with Crippen LogP contribution in [0.2, 0.25) is 0 Å². The van der Waals surface area contributed by atoms with Crippen molar-refractivity contribution in [3.8, 4) is 0 Å². The number of amides is 1. The highest BCUT2D eigenvalue weighted by Gasteiger charge is 2.05. The molecule has 0 radical (unpaired) electrons. The molecule has 2 rings (SSSR count). The fourth-order valence-electron chi connectivity index (χ4n) is 2.80. The number of rotatable bonds is 8. The van der Waals surface area contributed by atoms with Gasteiger partial charge in [-0.1, -0.05) is 24.3 Å². The number of nitrogens with zero attached hydrogens (tertiary/aromatic N) is 2. The molecule has 0 saturated carbocycles. The van der Waals surface area contributed by atoms with E-state index >= 15 is 0 Å². The predicted molar refractivity (Wildman–Crippen MR) is 128 cm³/mol. The van der Waals surface area contributed by atoms with Crippen molar-refractivity contribution in [3.05, 3.63) is 65.2 Å². The maximum atomic E-state index is 11.1. The number of nitrogens with one attached hydrogen (secondary N) is 2. The number of guanidine groups is 1. The van der Waals surface area contributed by atoms with Gasteiger partial charge in [0.15, 0.2) is 5.96 Å². The largest absolute Gasteiger partial charge is 0.370 e. The van der Waals surface area contributed by atoms with E-state index < -0.39 is 5.91 Å². The quantitative estimate of drug-likeness (QED) is 0.299. The van der Waals surface area contributed by atoms with Crippen LogP contribution >= 0.6 is 24.0 Å². The van der Waals surface area contributed by atoms with Crippen LogP contribution in [0.4, 0.5) is 5.69 Å². The highest BCUT2D eigenvalue weighted by atomic mass is 127. The van der Waals surface area contributed by atoms with E-state index in [0.29, 0.717) is 12.1 Å². The predicted octanol–water partition coefficient (Wildman–Crippen LogP) is 2.90. The minimum atomic E-state index is -0.416. The van der Waals surface area contributed by atoms with E-state index in [4.69, 9.17) is 5.73 Å². The van der Waals surface area contributed by atoms with E-state index in [-0.39, 0.29) is 24.0 Å². The Bertz CT molecular complexity index is 777. The molecule has 1 amide bonds. The average Bonchev–Trinajstić information content (AvgIpc) is 2.68. The molecular formula is C21H30IN5O. The maximum Gasteiger partial charge on any atom is 0.248 e. The van der Waals surface area contributed by atoms with Gasteiger partial charge in [0, 0.05) is 44.5 Å². The Hall–Kier alpha value is -2.29. The number of halogens is 1. The first-order valence-corrected chi connectivity index (χ1v) is 9.18. The molecule has 6 nitrogen and oxygen atoms in total. The number of benzene rings is 2.